The summed E-state index contributed by atoms with van der Waals surface area (Å²) in [6.45, 7) is 8.65. The average Bonchev–Trinajstić information content (AvgIpc) is 3.04. The molecule has 1 saturated heterocycles. The van der Waals surface area contributed by atoms with Crippen molar-refractivity contribution in [3.8, 4) is 5.75 Å². The van der Waals surface area contributed by atoms with Crippen LogP contribution in [0, 0.1) is 6.92 Å². The van der Waals surface area contributed by atoms with Crippen molar-refractivity contribution in [1.82, 2.24) is 19.9 Å². The highest BCUT2D eigenvalue weighted by atomic mass is 16.5. The number of esters is 1. The van der Waals surface area contributed by atoms with Gasteiger partial charge in [-0.1, -0.05) is 13.8 Å². The number of carbonyl (C=O) groups is 1. The third-order valence-corrected chi connectivity index (χ3v) is 7.31. The van der Waals surface area contributed by atoms with Crippen molar-refractivity contribution in [3.63, 3.8) is 0 Å². The number of pyridine rings is 1. The number of nitrogens with zero attached hydrogens (tertiary/aromatic N) is 6. The van der Waals surface area contributed by atoms with Crippen LogP contribution in [0.4, 0.5) is 34.5 Å². The number of ether oxygens (including phenoxy) is 2. The van der Waals surface area contributed by atoms with Crippen LogP contribution >= 0.6 is 0 Å². The zero-order chi connectivity index (χ0) is 31.4. The Morgan fingerprint density at radius 2 is 1.95 bits per heavy atom. The minimum absolute atomic E-state index is 0.0300. The number of benzene rings is 1. The van der Waals surface area contributed by atoms with E-state index in [1.807, 2.05) is 19.1 Å². The van der Waals surface area contributed by atoms with Crippen molar-refractivity contribution < 1.29 is 17.0 Å². The first-order valence-electron chi connectivity index (χ1n) is 14.7. The minimum Gasteiger partial charge on any atom is -0.494 e. The number of hydrogen-bond acceptors (Lipinski definition) is 11. The van der Waals surface area contributed by atoms with Gasteiger partial charge in [-0.25, -0.2) is 9.78 Å². The normalized spacial score (nSPS) is 18.1. The molecule has 2 aromatic heterocycles. The molecule has 218 valence electrons. The van der Waals surface area contributed by atoms with Gasteiger partial charge in [-0.2, -0.15) is 4.98 Å². The van der Waals surface area contributed by atoms with E-state index in [1.165, 1.54) is 11.1 Å². The van der Waals surface area contributed by atoms with Crippen LogP contribution in [0.3, 0.4) is 0 Å². The fraction of sp³-hybridized carbons (Fsp3) is 0.467. The number of nitrogen functional groups attached to an aromatic ring is 1. The number of likely N-dealkylation sites (N-methyl/N-ethyl adjacent to an activating group) is 1. The number of nitrogens with one attached hydrogen (secondary N) is 1. The molecular formula is C30H40N8O3. The first kappa shape index (κ1) is 25.8. The van der Waals surface area contributed by atoms with E-state index in [2.05, 4.69) is 39.2 Å². The van der Waals surface area contributed by atoms with Crippen LogP contribution in [0.1, 0.15) is 52.2 Å². The topological polar surface area (TPSA) is 122 Å². The van der Waals surface area contributed by atoms with Gasteiger partial charge in [-0.05, 0) is 53.1 Å². The van der Waals surface area contributed by atoms with Crippen molar-refractivity contribution in [1.29, 1.82) is 0 Å². The number of aryl methyl sites for hydroxylation is 1. The Hall–Kier alpha value is -4.12. The molecule has 0 unspecified atom stereocenters. The van der Waals surface area contributed by atoms with Gasteiger partial charge in [0.15, 0.2) is 5.82 Å². The molecule has 0 bridgehead atoms. The maximum absolute atomic E-state index is 13.3. The number of hydrogen-bond donors (Lipinski definition) is 2. The van der Waals surface area contributed by atoms with Crippen LogP contribution in [0.5, 0.6) is 5.75 Å². The lowest BCUT2D eigenvalue weighted by atomic mass is 9.91. The largest absolute Gasteiger partial charge is 0.494 e. The molecule has 2 aliphatic heterocycles. The van der Waals surface area contributed by atoms with Crippen molar-refractivity contribution in [3.05, 3.63) is 47.4 Å². The molecule has 41 heavy (non-hydrogen) atoms. The molecule has 3 aromatic rings. The van der Waals surface area contributed by atoms with Gasteiger partial charge in [0.1, 0.15) is 11.3 Å². The van der Waals surface area contributed by atoms with Crippen molar-refractivity contribution in [2.24, 2.45) is 0 Å². The van der Waals surface area contributed by atoms with Crippen LogP contribution in [0.25, 0.3) is 0 Å². The van der Waals surface area contributed by atoms with E-state index in [9.17, 15) is 7.54 Å². The molecule has 0 amide bonds. The van der Waals surface area contributed by atoms with Crippen LogP contribution in [-0.4, -0.2) is 78.8 Å². The zero-order valence-electron chi connectivity index (χ0n) is 26.9. The van der Waals surface area contributed by atoms with Gasteiger partial charge in [-0.15, -0.1) is 0 Å². The molecule has 11 heteroatoms. The highest BCUT2D eigenvalue weighted by molar-refractivity contribution is 5.96. The van der Waals surface area contributed by atoms with Crippen LogP contribution in [0.2, 0.25) is 0 Å². The number of anilines is 6. The average molecular weight is 563 g/mol. The highest BCUT2D eigenvalue weighted by Gasteiger charge is 2.40. The van der Waals surface area contributed by atoms with Crippen LogP contribution in [-0.2, 0) is 10.2 Å². The smallest absolute Gasteiger partial charge is 0.343 e. The molecule has 5 rings (SSSR count). The molecule has 4 heterocycles. The van der Waals surface area contributed by atoms with E-state index in [0.29, 0.717) is 34.5 Å². The number of methoxy groups -OCH3 is 1. The monoisotopic (exact) mass is 562 g/mol. The van der Waals surface area contributed by atoms with Crippen LogP contribution in [0.15, 0.2) is 30.5 Å². The van der Waals surface area contributed by atoms with E-state index in [1.54, 1.807) is 46.9 Å². The fourth-order valence-electron chi connectivity index (χ4n) is 5.00. The fourth-order valence-corrected chi connectivity index (χ4v) is 5.00. The molecular weight excluding hydrogens is 520 g/mol. The van der Waals surface area contributed by atoms with Crippen LogP contribution < -0.4 is 25.6 Å². The molecule has 0 atom stereocenters. The summed E-state index contributed by atoms with van der Waals surface area (Å²) in [6.07, 6.45) is 0.954. The molecule has 3 N–H and O–H groups in total. The Kier molecular flexibility index (Phi) is 6.74. The molecule has 0 saturated carbocycles. The molecule has 11 nitrogen and oxygen atoms in total. The number of rotatable bonds is 8. The first-order valence-corrected chi connectivity index (χ1v) is 13.7. The lowest BCUT2D eigenvalue weighted by Crippen LogP contribution is -2.57. The van der Waals surface area contributed by atoms with E-state index in [0.717, 1.165) is 24.5 Å². The summed E-state index contributed by atoms with van der Waals surface area (Å²) in [7, 11) is 5.70. The summed E-state index contributed by atoms with van der Waals surface area (Å²) in [5.74, 6) is 0.0637. The minimum atomic E-state index is -2.00. The molecule has 0 radical (unpaired) electrons. The van der Waals surface area contributed by atoms with Gasteiger partial charge in [-0.3, -0.25) is 4.98 Å². The highest BCUT2D eigenvalue weighted by Crippen LogP contribution is 2.44. The second-order valence-electron chi connectivity index (χ2n) is 11.5. The second kappa shape index (κ2) is 10.7. The lowest BCUT2D eigenvalue weighted by molar-refractivity contribution is 0.0378. The third-order valence-electron chi connectivity index (χ3n) is 7.31. The maximum atomic E-state index is 13.3. The van der Waals surface area contributed by atoms with Crippen molar-refractivity contribution >= 4 is 40.5 Å². The van der Waals surface area contributed by atoms with E-state index < -0.39 is 24.0 Å². The number of nitrogens with two attached hydrogens (primary N) is 1. The summed E-state index contributed by atoms with van der Waals surface area (Å²) in [6, 6.07) is 7.71. The Labute approximate surface area is 244 Å². The summed E-state index contributed by atoms with van der Waals surface area (Å²) in [5.41, 5.74) is 9.30. The van der Waals surface area contributed by atoms with Gasteiger partial charge in [0.2, 0.25) is 5.95 Å². The Balaban J connectivity index is 1.57. The van der Waals surface area contributed by atoms with E-state index in [4.69, 9.17) is 20.2 Å². The van der Waals surface area contributed by atoms with Crippen molar-refractivity contribution in [2.45, 2.75) is 52.2 Å². The SMILES string of the molecule is [2H]C1([2H])N(c2nc(Nc3cc(N)c(N4CC(N(C)C)C4)cc3OC)ncc2C(=O)OC(C)C)c2ccc(C)nc2C1(C)C. The molecule has 0 aliphatic carbocycles. The zero-order valence-corrected chi connectivity index (χ0v) is 24.9. The lowest BCUT2D eigenvalue weighted by Gasteiger charge is -2.44. The van der Waals surface area contributed by atoms with E-state index in [-0.39, 0.29) is 17.3 Å². The Morgan fingerprint density at radius 1 is 1.22 bits per heavy atom. The van der Waals surface area contributed by atoms with Crippen molar-refractivity contribution in [2.75, 3.05) is 61.6 Å². The molecule has 0 spiro atoms. The van der Waals surface area contributed by atoms with Gasteiger partial charge < -0.3 is 35.2 Å². The summed E-state index contributed by atoms with van der Waals surface area (Å²) >= 11 is 0. The van der Waals surface area contributed by atoms with E-state index >= 15 is 0 Å². The number of fused-ring (bicyclic) bond motifs is 1. The third kappa shape index (κ3) is 5.46. The molecule has 1 aromatic carbocycles. The first-order chi connectivity index (χ1) is 20.1. The van der Waals surface area contributed by atoms with Gasteiger partial charge >= 0.3 is 5.97 Å². The van der Waals surface area contributed by atoms with Gasteiger partial charge in [0, 0.05) is 49.0 Å². The second-order valence-corrected chi connectivity index (χ2v) is 11.5. The standard InChI is InChI=1S/C30H40N8O3/c1-17(2)41-28(39)20-13-32-29(35-27(20)38-16-30(4,5)26-23(38)10-9-18(3)33-26)34-22-11-21(31)24(12-25(22)40-8)37-14-19(15-37)36(6)7/h9-13,17,19H,14-16,31H2,1-8H3,(H,32,34,35)/i16D2. The quantitative estimate of drug-likeness (QED) is 0.302. The van der Waals surface area contributed by atoms with Gasteiger partial charge in [0.25, 0.3) is 0 Å². The molecule has 1 fully saturated rings. The summed E-state index contributed by atoms with van der Waals surface area (Å²) in [5, 5.41) is 3.17. The summed E-state index contributed by atoms with van der Waals surface area (Å²) in [4.78, 5) is 32.8. The maximum Gasteiger partial charge on any atom is 0.343 e. The number of carbonyl (C=O) groups excluding carboxylic acids is 1. The molecule has 2 aliphatic rings. The Bertz CT molecular complexity index is 1560. The Morgan fingerprint density at radius 3 is 2.61 bits per heavy atom. The van der Waals surface area contributed by atoms with Gasteiger partial charge in [0.05, 0.1) is 44.4 Å². The number of aromatic nitrogens is 3. The summed E-state index contributed by atoms with van der Waals surface area (Å²) < 4.78 is 29.6. The predicted molar refractivity (Wildman–Crippen MR) is 162 cm³/mol. The predicted octanol–water partition coefficient (Wildman–Crippen LogP) is 4.26.